The third-order valence-corrected chi connectivity index (χ3v) is 2.03. The van der Waals surface area contributed by atoms with E-state index in [-0.39, 0.29) is 0 Å². The lowest BCUT2D eigenvalue weighted by Crippen LogP contribution is -2.09. The lowest BCUT2D eigenvalue weighted by molar-refractivity contribution is -0.137. The fourth-order valence-corrected chi connectivity index (χ4v) is 1.53. The summed E-state index contributed by atoms with van der Waals surface area (Å²) in [4.78, 5) is 2.91. The van der Waals surface area contributed by atoms with E-state index >= 15 is 0 Å². The van der Waals surface area contributed by atoms with Gasteiger partial charge in [-0.15, -0.1) is 0 Å². The van der Waals surface area contributed by atoms with Gasteiger partial charge in [0, 0.05) is 0 Å². The summed E-state index contributed by atoms with van der Waals surface area (Å²) in [5, 5.41) is -1.97. The van der Waals surface area contributed by atoms with E-state index in [0.717, 1.165) is 0 Å². The van der Waals surface area contributed by atoms with Crippen molar-refractivity contribution in [1.82, 2.24) is 4.98 Å². The third-order valence-electron chi connectivity index (χ3n) is 1.45. The zero-order chi connectivity index (χ0) is 11.8. The van der Waals surface area contributed by atoms with E-state index in [0.29, 0.717) is 6.07 Å². The zero-order valence-corrected chi connectivity index (χ0v) is 8.26. The molecule has 0 fully saturated rings. The second-order valence-electron chi connectivity index (χ2n) is 2.49. The van der Waals surface area contributed by atoms with Gasteiger partial charge in [0.05, 0.1) is 5.02 Å². The minimum absolute atomic E-state index is 0.445. The van der Waals surface area contributed by atoms with Crippen LogP contribution >= 0.6 is 23.2 Å². The average Bonchev–Trinajstić information content (AvgIpc) is 1.99. The molecule has 0 aliphatic rings. The molecule has 0 aliphatic heterocycles. The maximum atomic E-state index is 12.2. The normalized spacial score (nSPS) is 12.3. The second kappa shape index (κ2) is 4.09. The van der Waals surface area contributed by atoms with Gasteiger partial charge in [0.1, 0.15) is 16.4 Å². The minimum atomic E-state index is -4.82. The molecule has 1 aromatic heterocycles. The Morgan fingerprint density at radius 3 is 2.07 bits per heavy atom. The Kier molecular flexibility index (Phi) is 3.40. The molecule has 0 bridgehead atoms. The lowest BCUT2D eigenvalue weighted by Gasteiger charge is -2.11. The molecule has 1 aromatic rings. The number of hydrogen-bond donors (Lipinski definition) is 0. The van der Waals surface area contributed by atoms with Crippen molar-refractivity contribution >= 4 is 23.2 Å². The van der Waals surface area contributed by atoms with Crippen LogP contribution in [0.5, 0.6) is 0 Å². The first-order chi connectivity index (χ1) is 6.73. The van der Waals surface area contributed by atoms with Gasteiger partial charge in [-0.3, -0.25) is 0 Å². The summed E-state index contributed by atoms with van der Waals surface area (Å²) in [7, 11) is 0. The summed E-state index contributed by atoms with van der Waals surface area (Å²) in [6, 6.07) is 0.445. The molecule has 0 saturated heterocycles. The number of nitrogens with zero attached hydrogens (tertiary/aromatic N) is 1. The molecule has 0 aliphatic carbocycles. The molecule has 8 heteroatoms. The van der Waals surface area contributed by atoms with E-state index in [1.165, 1.54) is 0 Å². The van der Waals surface area contributed by atoms with Gasteiger partial charge in [0.15, 0.2) is 0 Å². The first-order valence-electron chi connectivity index (χ1n) is 3.44. The van der Waals surface area contributed by atoms with Crippen molar-refractivity contribution in [2.45, 2.75) is 12.6 Å². The molecule has 0 unspecified atom stereocenters. The van der Waals surface area contributed by atoms with Crippen LogP contribution in [0.2, 0.25) is 10.2 Å². The van der Waals surface area contributed by atoms with Crippen LogP contribution in [-0.2, 0) is 6.18 Å². The van der Waals surface area contributed by atoms with E-state index in [1.54, 1.807) is 0 Å². The molecule has 0 radical (unpaired) electrons. The van der Waals surface area contributed by atoms with Crippen molar-refractivity contribution in [2.75, 3.05) is 0 Å². The van der Waals surface area contributed by atoms with Crippen molar-refractivity contribution in [1.29, 1.82) is 0 Å². The van der Waals surface area contributed by atoms with Crippen molar-refractivity contribution < 1.29 is 22.0 Å². The van der Waals surface area contributed by atoms with Crippen LogP contribution in [0.4, 0.5) is 22.0 Å². The van der Waals surface area contributed by atoms with Gasteiger partial charge in [-0.05, 0) is 6.07 Å². The van der Waals surface area contributed by atoms with Gasteiger partial charge < -0.3 is 0 Å². The maximum Gasteiger partial charge on any atom is 0.420 e. The molecule has 0 saturated carbocycles. The van der Waals surface area contributed by atoms with Crippen LogP contribution < -0.4 is 0 Å². The molecule has 0 aromatic carbocycles. The highest BCUT2D eigenvalue weighted by atomic mass is 35.5. The van der Waals surface area contributed by atoms with E-state index in [9.17, 15) is 22.0 Å². The number of alkyl halides is 5. The molecular formula is C7H2Cl2F5N. The van der Waals surface area contributed by atoms with Gasteiger partial charge in [0.25, 0.3) is 6.43 Å². The van der Waals surface area contributed by atoms with E-state index in [1.807, 2.05) is 0 Å². The number of halogens is 7. The molecule has 1 heterocycles. The van der Waals surface area contributed by atoms with Crippen LogP contribution in [0, 0.1) is 0 Å². The molecule has 0 amide bonds. The fraction of sp³-hybridized carbons (Fsp3) is 0.286. The van der Waals surface area contributed by atoms with E-state index in [4.69, 9.17) is 23.2 Å². The summed E-state index contributed by atoms with van der Waals surface area (Å²) >= 11 is 10.3. The SMILES string of the molecule is FC(F)c1cc(Cl)c(C(F)(F)F)c(Cl)n1. The highest BCUT2D eigenvalue weighted by molar-refractivity contribution is 6.35. The molecule has 15 heavy (non-hydrogen) atoms. The molecule has 0 N–H and O–H groups in total. The quantitative estimate of drug-likeness (QED) is 0.544. The van der Waals surface area contributed by atoms with Crippen molar-refractivity contribution in [3.8, 4) is 0 Å². The predicted molar refractivity (Wildman–Crippen MR) is 44.2 cm³/mol. The number of hydrogen-bond acceptors (Lipinski definition) is 1. The largest absolute Gasteiger partial charge is 0.420 e. The van der Waals surface area contributed by atoms with Gasteiger partial charge in [-0.1, -0.05) is 23.2 Å². The maximum absolute atomic E-state index is 12.2. The Morgan fingerprint density at radius 2 is 1.73 bits per heavy atom. The van der Waals surface area contributed by atoms with Crippen LogP contribution in [0.1, 0.15) is 17.7 Å². The highest BCUT2D eigenvalue weighted by Gasteiger charge is 2.37. The van der Waals surface area contributed by atoms with Crippen LogP contribution in [0.3, 0.4) is 0 Å². The first-order valence-corrected chi connectivity index (χ1v) is 4.20. The van der Waals surface area contributed by atoms with Crippen molar-refractivity contribution in [3.05, 3.63) is 27.5 Å². The summed E-state index contributed by atoms with van der Waals surface area (Å²) in [5.74, 6) is 0. The van der Waals surface area contributed by atoms with Crippen molar-refractivity contribution in [2.24, 2.45) is 0 Å². The molecular weight excluding hydrogens is 264 g/mol. The Morgan fingerprint density at radius 1 is 1.20 bits per heavy atom. The molecule has 0 spiro atoms. The average molecular weight is 266 g/mol. The summed E-state index contributed by atoms with van der Waals surface area (Å²) < 4.78 is 60.9. The first kappa shape index (κ1) is 12.4. The lowest BCUT2D eigenvalue weighted by atomic mass is 10.2. The van der Waals surface area contributed by atoms with Crippen molar-refractivity contribution in [3.63, 3.8) is 0 Å². The smallest absolute Gasteiger partial charge is 0.234 e. The monoisotopic (exact) mass is 265 g/mol. The van der Waals surface area contributed by atoms with Crippen LogP contribution in [-0.4, -0.2) is 4.98 Å². The van der Waals surface area contributed by atoms with Crippen LogP contribution in [0.25, 0.3) is 0 Å². The summed E-state index contributed by atoms with van der Waals surface area (Å²) in [6.07, 6.45) is -7.84. The van der Waals surface area contributed by atoms with E-state index in [2.05, 4.69) is 4.98 Å². The molecule has 1 rings (SSSR count). The van der Waals surface area contributed by atoms with Crippen LogP contribution in [0.15, 0.2) is 6.07 Å². The molecule has 1 nitrogen and oxygen atoms in total. The summed E-state index contributed by atoms with van der Waals surface area (Å²) in [6.45, 7) is 0. The third kappa shape index (κ3) is 2.69. The predicted octanol–water partition coefficient (Wildman–Crippen LogP) is 4.34. The van der Waals surface area contributed by atoms with Gasteiger partial charge >= 0.3 is 6.18 Å². The Hall–Kier alpha value is -0.620. The molecule has 0 atom stereocenters. The Balaban J connectivity index is 3.34. The van der Waals surface area contributed by atoms with Gasteiger partial charge in [0.2, 0.25) is 0 Å². The Bertz CT molecular complexity index is 353. The zero-order valence-electron chi connectivity index (χ0n) is 6.75. The molecule has 84 valence electrons. The standard InChI is InChI=1S/C7H2Cl2F5N/c8-2-1-3(6(10)11)15-5(9)4(2)7(12,13)14/h1,6H. The highest BCUT2D eigenvalue weighted by Crippen LogP contribution is 2.39. The second-order valence-corrected chi connectivity index (χ2v) is 3.26. The van der Waals surface area contributed by atoms with E-state index < -0.39 is 34.0 Å². The summed E-state index contributed by atoms with van der Waals surface area (Å²) in [5.41, 5.74) is -2.30. The topological polar surface area (TPSA) is 12.9 Å². The number of pyridine rings is 1. The number of aromatic nitrogens is 1. The number of rotatable bonds is 1. The van der Waals surface area contributed by atoms with Gasteiger partial charge in [-0.2, -0.15) is 13.2 Å². The minimum Gasteiger partial charge on any atom is -0.234 e. The van der Waals surface area contributed by atoms with Gasteiger partial charge in [-0.25, -0.2) is 13.8 Å². The Labute approximate surface area is 90.8 Å². The fourth-order valence-electron chi connectivity index (χ4n) is 0.866.